The van der Waals surface area contributed by atoms with Gasteiger partial charge < -0.3 is 19.9 Å². The highest BCUT2D eigenvalue weighted by atomic mass is 19.1. The van der Waals surface area contributed by atoms with Crippen molar-refractivity contribution in [1.82, 2.24) is 4.90 Å². The molecule has 2 fully saturated rings. The van der Waals surface area contributed by atoms with E-state index in [9.17, 15) is 19.3 Å². The van der Waals surface area contributed by atoms with Gasteiger partial charge in [-0.2, -0.15) is 0 Å². The number of hydrogen-bond donors (Lipinski definition) is 1. The number of carbonyl (C=O) groups excluding carboxylic acids is 1. The average molecular weight is 428 g/mol. The van der Waals surface area contributed by atoms with Gasteiger partial charge in [-0.05, 0) is 37.1 Å². The maximum atomic E-state index is 13.9. The second-order valence-electron chi connectivity index (χ2n) is 7.73. The minimum absolute atomic E-state index is 0.0233. The number of anilines is 2. The minimum Gasteiger partial charge on any atom is -0.377 e. The van der Waals surface area contributed by atoms with Gasteiger partial charge in [0.15, 0.2) is 0 Å². The van der Waals surface area contributed by atoms with Crippen LogP contribution in [-0.4, -0.2) is 61.2 Å². The number of hydrogen-bond acceptors (Lipinski definition) is 6. The molecule has 2 aliphatic rings. The summed E-state index contributed by atoms with van der Waals surface area (Å²) in [6.07, 6.45) is 2.01. The largest absolute Gasteiger partial charge is 0.377 e. The number of piperazine rings is 1. The van der Waals surface area contributed by atoms with E-state index in [2.05, 4.69) is 10.2 Å². The van der Waals surface area contributed by atoms with Gasteiger partial charge >= 0.3 is 0 Å². The Bertz CT molecular complexity index is 956. The van der Waals surface area contributed by atoms with Crippen LogP contribution in [0.25, 0.3) is 0 Å². The van der Waals surface area contributed by atoms with E-state index >= 15 is 0 Å². The van der Waals surface area contributed by atoms with Crippen LogP contribution in [-0.2, 0) is 4.74 Å². The fourth-order valence-electron chi connectivity index (χ4n) is 4.02. The van der Waals surface area contributed by atoms with Crippen LogP contribution in [0.4, 0.5) is 21.5 Å². The van der Waals surface area contributed by atoms with Crippen molar-refractivity contribution < 1.29 is 18.8 Å². The molecule has 0 unspecified atom stereocenters. The summed E-state index contributed by atoms with van der Waals surface area (Å²) >= 11 is 0. The normalized spacial score (nSPS) is 18.8. The Kier molecular flexibility index (Phi) is 6.31. The topological polar surface area (TPSA) is 88.0 Å². The fourth-order valence-corrected chi connectivity index (χ4v) is 4.02. The molecule has 2 saturated heterocycles. The molecule has 0 radical (unpaired) electrons. The maximum absolute atomic E-state index is 13.9. The van der Waals surface area contributed by atoms with Crippen molar-refractivity contribution in [3.05, 3.63) is 64.0 Å². The van der Waals surface area contributed by atoms with E-state index in [4.69, 9.17) is 4.74 Å². The number of benzene rings is 2. The zero-order valence-electron chi connectivity index (χ0n) is 17.1. The lowest BCUT2D eigenvalue weighted by atomic mass is 10.1. The third-order valence-corrected chi connectivity index (χ3v) is 5.76. The summed E-state index contributed by atoms with van der Waals surface area (Å²) in [5.41, 5.74) is 1.41. The van der Waals surface area contributed by atoms with Crippen LogP contribution >= 0.6 is 0 Å². The van der Waals surface area contributed by atoms with Gasteiger partial charge in [-0.15, -0.1) is 0 Å². The second-order valence-corrected chi connectivity index (χ2v) is 7.73. The predicted octanol–water partition coefficient (Wildman–Crippen LogP) is 3.29. The molecule has 2 aromatic rings. The van der Waals surface area contributed by atoms with Crippen molar-refractivity contribution in [2.24, 2.45) is 0 Å². The maximum Gasteiger partial charge on any atom is 0.292 e. The molecular formula is C22H25FN4O4. The molecule has 31 heavy (non-hydrogen) atoms. The van der Waals surface area contributed by atoms with E-state index in [0.717, 1.165) is 25.1 Å². The lowest BCUT2D eigenvalue weighted by molar-refractivity contribution is -0.383. The number of halogens is 1. The molecule has 0 spiro atoms. The molecule has 2 aromatic carbocycles. The predicted molar refractivity (Wildman–Crippen MR) is 115 cm³/mol. The van der Waals surface area contributed by atoms with Gasteiger partial charge in [0.2, 0.25) is 0 Å². The number of carbonyl (C=O) groups is 1. The molecule has 4 rings (SSSR count). The Hall–Kier alpha value is -3.20. The quantitative estimate of drug-likeness (QED) is 0.561. The van der Waals surface area contributed by atoms with Crippen LogP contribution in [0, 0.1) is 15.9 Å². The molecule has 2 heterocycles. The molecular weight excluding hydrogens is 403 g/mol. The van der Waals surface area contributed by atoms with Gasteiger partial charge in [0.1, 0.15) is 11.5 Å². The molecule has 0 aromatic heterocycles. The van der Waals surface area contributed by atoms with Crippen molar-refractivity contribution in [2.45, 2.75) is 18.9 Å². The first-order valence-electron chi connectivity index (χ1n) is 10.5. The van der Waals surface area contributed by atoms with E-state index in [1.807, 2.05) is 0 Å². The average Bonchev–Trinajstić information content (AvgIpc) is 3.31. The van der Waals surface area contributed by atoms with Gasteiger partial charge in [-0.1, -0.05) is 12.1 Å². The molecule has 2 aliphatic heterocycles. The van der Waals surface area contributed by atoms with Crippen molar-refractivity contribution >= 4 is 23.0 Å². The molecule has 1 atom stereocenters. The smallest absolute Gasteiger partial charge is 0.292 e. The van der Waals surface area contributed by atoms with Crippen LogP contribution in [0.5, 0.6) is 0 Å². The van der Waals surface area contributed by atoms with Crippen molar-refractivity contribution in [3.8, 4) is 0 Å². The Morgan fingerprint density at radius 3 is 2.65 bits per heavy atom. The highest BCUT2D eigenvalue weighted by Crippen LogP contribution is 2.31. The van der Waals surface area contributed by atoms with E-state index < -0.39 is 10.7 Å². The first kappa shape index (κ1) is 21.0. The summed E-state index contributed by atoms with van der Waals surface area (Å²) in [4.78, 5) is 27.4. The van der Waals surface area contributed by atoms with Gasteiger partial charge in [-0.3, -0.25) is 14.9 Å². The van der Waals surface area contributed by atoms with Crippen LogP contribution < -0.4 is 10.2 Å². The number of ether oxygens (including phenoxy) is 1. The molecule has 9 heteroatoms. The third-order valence-electron chi connectivity index (χ3n) is 5.76. The zero-order chi connectivity index (χ0) is 21.8. The summed E-state index contributed by atoms with van der Waals surface area (Å²) in [6, 6.07) is 11.0. The van der Waals surface area contributed by atoms with Crippen LogP contribution in [0.15, 0.2) is 42.5 Å². The highest BCUT2D eigenvalue weighted by Gasteiger charge is 2.25. The van der Waals surface area contributed by atoms with Crippen molar-refractivity contribution in [3.63, 3.8) is 0 Å². The lowest BCUT2D eigenvalue weighted by Crippen LogP contribution is -2.49. The molecule has 164 valence electrons. The second kappa shape index (κ2) is 9.30. The van der Waals surface area contributed by atoms with Crippen molar-refractivity contribution in [2.75, 3.05) is 49.5 Å². The summed E-state index contributed by atoms with van der Waals surface area (Å²) in [6.45, 7) is 3.26. The molecule has 1 amide bonds. The Morgan fingerprint density at radius 2 is 1.97 bits per heavy atom. The third kappa shape index (κ3) is 4.77. The van der Waals surface area contributed by atoms with E-state index in [0.29, 0.717) is 38.4 Å². The number of nitro groups is 1. The number of nitrogens with zero attached hydrogens (tertiary/aromatic N) is 3. The summed E-state index contributed by atoms with van der Waals surface area (Å²) in [7, 11) is 0. The minimum atomic E-state index is -0.521. The Labute approximate surface area is 179 Å². The number of rotatable bonds is 6. The Morgan fingerprint density at radius 1 is 1.19 bits per heavy atom. The van der Waals surface area contributed by atoms with E-state index in [-0.39, 0.29) is 23.3 Å². The van der Waals surface area contributed by atoms with E-state index in [1.54, 1.807) is 29.2 Å². The molecule has 0 aliphatic carbocycles. The summed E-state index contributed by atoms with van der Waals surface area (Å²) < 4.78 is 19.5. The summed E-state index contributed by atoms with van der Waals surface area (Å²) in [5.74, 6) is -0.840. The lowest BCUT2D eigenvalue weighted by Gasteiger charge is -2.36. The molecule has 0 saturated carbocycles. The number of amides is 1. The van der Waals surface area contributed by atoms with Gasteiger partial charge in [-0.25, -0.2) is 4.39 Å². The monoisotopic (exact) mass is 428 g/mol. The molecule has 8 nitrogen and oxygen atoms in total. The molecule has 1 N–H and O–H groups in total. The standard InChI is InChI=1S/C22H25FN4O4/c23-19-6-2-1-5-18(19)22(28)26-11-9-25(10-12-26)16-7-8-21(27(29)30)20(14-16)24-15-17-4-3-13-31-17/h1-2,5-8,14,17,24H,3-4,9-13,15H2/t17-/m0/s1. The van der Waals surface area contributed by atoms with Gasteiger partial charge in [0.25, 0.3) is 11.6 Å². The van der Waals surface area contributed by atoms with Gasteiger partial charge in [0.05, 0.1) is 16.6 Å². The molecule has 0 bridgehead atoms. The zero-order valence-corrected chi connectivity index (χ0v) is 17.1. The van der Waals surface area contributed by atoms with Crippen LogP contribution in [0.1, 0.15) is 23.2 Å². The van der Waals surface area contributed by atoms with Crippen molar-refractivity contribution in [1.29, 1.82) is 0 Å². The fraction of sp³-hybridized carbons (Fsp3) is 0.409. The van der Waals surface area contributed by atoms with Gasteiger partial charge in [0, 0.05) is 51.1 Å². The van der Waals surface area contributed by atoms with E-state index in [1.165, 1.54) is 18.2 Å². The Balaban J connectivity index is 1.42. The number of nitrogens with one attached hydrogen (secondary N) is 1. The SMILES string of the molecule is O=C(c1ccccc1F)N1CCN(c2ccc([N+](=O)[O-])c(NC[C@@H]3CCCO3)c2)CC1. The first-order valence-corrected chi connectivity index (χ1v) is 10.5. The first-order chi connectivity index (χ1) is 15.0. The summed E-state index contributed by atoms with van der Waals surface area (Å²) in [5, 5.41) is 14.6. The number of nitro benzene ring substituents is 1. The van der Waals surface area contributed by atoms with Crippen LogP contribution in [0.2, 0.25) is 0 Å². The van der Waals surface area contributed by atoms with Crippen LogP contribution in [0.3, 0.4) is 0 Å². The highest BCUT2D eigenvalue weighted by molar-refractivity contribution is 5.94.